The lowest BCUT2D eigenvalue weighted by atomic mass is 10.3. The summed E-state index contributed by atoms with van der Waals surface area (Å²) in [6.45, 7) is 5.91. The number of nitrogen functional groups attached to an aromatic ring is 1. The second-order valence-electron chi connectivity index (χ2n) is 6.37. The molecule has 0 saturated carbocycles. The summed E-state index contributed by atoms with van der Waals surface area (Å²) in [6, 6.07) is 5.30. The number of ether oxygens (including phenoxy) is 1. The van der Waals surface area contributed by atoms with Crippen molar-refractivity contribution in [3.8, 4) is 0 Å². The summed E-state index contributed by atoms with van der Waals surface area (Å²) in [4.78, 5) is 8.89. The third-order valence-electron chi connectivity index (χ3n) is 4.27. The first kappa shape index (κ1) is 20.7. The summed E-state index contributed by atoms with van der Waals surface area (Å²) >= 11 is 1.21. The van der Waals surface area contributed by atoms with Gasteiger partial charge in [0.15, 0.2) is 5.82 Å². The van der Waals surface area contributed by atoms with Gasteiger partial charge in [-0.25, -0.2) is 23.1 Å². The number of fused-ring (bicyclic) bond motifs is 1. The summed E-state index contributed by atoms with van der Waals surface area (Å²) in [7, 11) is -3.41. The SMILES string of the molecule is CCOCc1nc2c(N)nc(C)cc2n1CCCCNS(=O)(=O)c1cccs1. The standard InChI is InChI=1S/C18H25N5O3S2/c1-3-26-12-15-22-17-14(11-13(2)21-18(17)19)23(15)9-5-4-8-20-28(24,25)16-7-6-10-27-16/h6-7,10-11,20H,3-5,8-9,12H2,1-2H3,(H2,19,21). The van der Waals surface area contributed by atoms with Crippen molar-refractivity contribution < 1.29 is 13.2 Å². The number of hydrogen-bond acceptors (Lipinski definition) is 7. The second kappa shape index (κ2) is 8.99. The first-order chi connectivity index (χ1) is 13.4. The molecule has 0 unspecified atom stereocenters. The molecule has 0 spiro atoms. The number of hydrogen-bond donors (Lipinski definition) is 2. The quantitative estimate of drug-likeness (QED) is 0.485. The number of nitrogens with one attached hydrogen (secondary N) is 1. The number of unbranched alkanes of at least 4 members (excludes halogenated alkanes) is 1. The molecule has 0 amide bonds. The largest absolute Gasteiger partial charge is 0.382 e. The highest BCUT2D eigenvalue weighted by molar-refractivity contribution is 7.91. The van der Waals surface area contributed by atoms with Crippen LogP contribution in [-0.2, 0) is 27.9 Å². The number of aryl methyl sites for hydroxylation is 2. The third-order valence-corrected chi connectivity index (χ3v) is 7.13. The fraction of sp³-hybridized carbons (Fsp3) is 0.444. The van der Waals surface area contributed by atoms with E-state index in [4.69, 9.17) is 10.5 Å². The van der Waals surface area contributed by atoms with Gasteiger partial charge in [-0.2, -0.15) is 0 Å². The minimum Gasteiger partial charge on any atom is -0.382 e. The van der Waals surface area contributed by atoms with Crippen LogP contribution in [0.25, 0.3) is 11.0 Å². The lowest BCUT2D eigenvalue weighted by molar-refractivity contribution is 0.126. The van der Waals surface area contributed by atoms with E-state index in [1.54, 1.807) is 17.5 Å². The van der Waals surface area contributed by atoms with Crippen molar-refractivity contribution in [2.24, 2.45) is 0 Å². The molecule has 28 heavy (non-hydrogen) atoms. The number of nitrogens with two attached hydrogens (primary N) is 1. The van der Waals surface area contributed by atoms with Crippen molar-refractivity contribution in [2.75, 3.05) is 18.9 Å². The first-order valence-electron chi connectivity index (χ1n) is 9.15. The number of pyridine rings is 1. The molecular weight excluding hydrogens is 398 g/mol. The number of thiophene rings is 1. The van der Waals surface area contributed by atoms with Crippen molar-refractivity contribution >= 4 is 38.2 Å². The van der Waals surface area contributed by atoms with Gasteiger partial charge in [0.05, 0.1) is 5.52 Å². The van der Waals surface area contributed by atoms with Crippen LogP contribution in [0, 0.1) is 6.92 Å². The van der Waals surface area contributed by atoms with Gasteiger partial charge in [-0.15, -0.1) is 11.3 Å². The van der Waals surface area contributed by atoms with E-state index in [0.717, 1.165) is 23.5 Å². The molecule has 0 atom stereocenters. The number of rotatable bonds is 10. The molecule has 152 valence electrons. The Labute approximate surface area is 168 Å². The van der Waals surface area contributed by atoms with E-state index in [2.05, 4.69) is 19.3 Å². The Bertz CT molecular complexity index is 1030. The van der Waals surface area contributed by atoms with Crippen molar-refractivity contribution in [3.63, 3.8) is 0 Å². The van der Waals surface area contributed by atoms with Crippen molar-refractivity contribution in [2.45, 2.75) is 44.0 Å². The Balaban J connectivity index is 1.66. The molecular formula is C18H25N5O3S2. The van der Waals surface area contributed by atoms with Gasteiger partial charge < -0.3 is 15.0 Å². The summed E-state index contributed by atoms with van der Waals surface area (Å²) in [5.41, 5.74) is 8.48. The Kier molecular flexibility index (Phi) is 6.65. The van der Waals surface area contributed by atoms with Gasteiger partial charge in [0, 0.05) is 25.4 Å². The van der Waals surface area contributed by atoms with Crippen molar-refractivity contribution in [3.05, 3.63) is 35.1 Å². The summed E-state index contributed by atoms with van der Waals surface area (Å²) in [5, 5.41) is 1.75. The van der Waals surface area contributed by atoms with Crippen LogP contribution in [0.1, 0.15) is 31.3 Å². The van der Waals surface area contributed by atoms with Crippen molar-refractivity contribution in [1.82, 2.24) is 19.3 Å². The van der Waals surface area contributed by atoms with E-state index >= 15 is 0 Å². The van der Waals surface area contributed by atoms with Gasteiger partial charge in [0.2, 0.25) is 10.0 Å². The zero-order chi connectivity index (χ0) is 20.1. The van der Waals surface area contributed by atoms with Gasteiger partial charge in [0.1, 0.15) is 22.2 Å². The molecule has 8 nitrogen and oxygen atoms in total. The summed E-state index contributed by atoms with van der Waals surface area (Å²) < 4.78 is 34.9. The smallest absolute Gasteiger partial charge is 0.250 e. The van der Waals surface area contributed by atoms with E-state index in [1.807, 2.05) is 19.9 Å². The molecule has 3 aromatic rings. The molecule has 0 aliphatic heterocycles. The average Bonchev–Trinajstić information content (AvgIpc) is 3.29. The minimum atomic E-state index is -3.41. The van der Waals surface area contributed by atoms with Crippen LogP contribution in [0.3, 0.4) is 0 Å². The lowest BCUT2D eigenvalue weighted by Gasteiger charge is -2.10. The van der Waals surface area contributed by atoms with Gasteiger partial charge in [-0.1, -0.05) is 6.07 Å². The molecule has 3 N–H and O–H groups in total. The maximum absolute atomic E-state index is 12.2. The number of imidazole rings is 1. The lowest BCUT2D eigenvalue weighted by Crippen LogP contribution is -2.24. The zero-order valence-electron chi connectivity index (χ0n) is 16.0. The third kappa shape index (κ3) is 4.69. The van der Waals surface area contributed by atoms with Gasteiger partial charge >= 0.3 is 0 Å². The Hall–Kier alpha value is -2.01. The van der Waals surface area contributed by atoms with Gasteiger partial charge in [-0.3, -0.25) is 0 Å². The molecule has 3 aromatic heterocycles. The van der Waals surface area contributed by atoms with E-state index in [9.17, 15) is 8.42 Å². The number of nitrogens with zero attached hydrogens (tertiary/aromatic N) is 3. The van der Waals surface area contributed by atoms with Crippen LogP contribution in [0.4, 0.5) is 5.82 Å². The molecule has 0 saturated heterocycles. The molecule has 0 aromatic carbocycles. The van der Waals surface area contributed by atoms with Crippen LogP contribution in [-0.4, -0.2) is 36.1 Å². The predicted molar refractivity (Wildman–Crippen MR) is 111 cm³/mol. The van der Waals surface area contributed by atoms with E-state index in [0.29, 0.717) is 48.3 Å². The highest BCUT2D eigenvalue weighted by atomic mass is 32.2. The van der Waals surface area contributed by atoms with Gasteiger partial charge in [-0.05, 0) is 44.2 Å². The Morgan fingerprint density at radius 1 is 1.32 bits per heavy atom. The fourth-order valence-electron chi connectivity index (χ4n) is 2.96. The Morgan fingerprint density at radius 3 is 2.86 bits per heavy atom. The summed E-state index contributed by atoms with van der Waals surface area (Å²) in [5.74, 6) is 1.21. The first-order valence-corrected chi connectivity index (χ1v) is 11.5. The predicted octanol–water partition coefficient (Wildman–Crippen LogP) is 2.68. The van der Waals surface area contributed by atoms with E-state index < -0.39 is 10.0 Å². The van der Waals surface area contributed by atoms with Crippen LogP contribution in [0.15, 0.2) is 27.8 Å². The van der Waals surface area contributed by atoms with E-state index in [-0.39, 0.29) is 0 Å². The Morgan fingerprint density at radius 2 is 2.14 bits per heavy atom. The second-order valence-corrected chi connectivity index (χ2v) is 9.31. The van der Waals surface area contributed by atoms with Crippen LogP contribution in [0.5, 0.6) is 0 Å². The molecule has 0 aliphatic carbocycles. The maximum Gasteiger partial charge on any atom is 0.250 e. The molecule has 10 heteroatoms. The monoisotopic (exact) mass is 423 g/mol. The maximum atomic E-state index is 12.2. The molecule has 3 heterocycles. The van der Waals surface area contributed by atoms with Crippen molar-refractivity contribution in [1.29, 1.82) is 0 Å². The molecule has 0 fully saturated rings. The average molecular weight is 424 g/mol. The van der Waals surface area contributed by atoms with E-state index in [1.165, 1.54) is 11.3 Å². The van der Waals surface area contributed by atoms with Crippen LogP contribution >= 0.6 is 11.3 Å². The number of sulfonamides is 1. The fourth-order valence-corrected chi connectivity index (χ4v) is 5.08. The van der Waals surface area contributed by atoms with Crippen LogP contribution < -0.4 is 10.5 Å². The molecule has 0 bridgehead atoms. The zero-order valence-corrected chi connectivity index (χ0v) is 17.6. The highest BCUT2D eigenvalue weighted by Gasteiger charge is 2.16. The molecule has 3 rings (SSSR count). The van der Waals surface area contributed by atoms with Gasteiger partial charge in [0.25, 0.3) is 0 Å². The number of aromatic nitrogens is 3. The summed E-state index contributed by atoms with van der Waals surface area (Å²) in [6.07, 6.45) is 1.50. The van der Waals surface area contributed by atoms with Crippen LogP contribution in [0.2, 0.25) is 0 Å². The topological polar surface area (TPSA) is 112 Å². The minimum absolute atomic E-state index is 0.338. The highest BCUT2D eigenvalue weighted by Crippen LogP contribution is 2.23. The normalized spacial score (nSPS) is 12.1. The molecule has 0 radical (unpaired) electrons. The molecule has 0 aliphatic rings. The number of anilines is 1.